The summed E-state index contributed by atoms with van der Waals surface area (Å²) >= 11 is 3.47. The minimum Gasteiger partial charge on any atom is -0.399 e. The van der Waals surface area contributed by atoms with Crippen LogP contribution in [-0.2, 0) is 17.1 Å². The number of sulfonamides is 1. The molecule has 2 N–H and O–H groups in total. The first kappa shape index (κ1) is 15.9. The van der Waals surface area contributed by atoms with E-state index in [1.54, 1.807) is 19.2 Å². The van der Waals surface area contributed by atoms with Crippen LogP contribution in [0.5, 0.6) is 0 Å². The summed E-state index contributed by atoms with van der Waals surface area (Å²) in [6, 6.07) is 11.9. The molecular weight excluding hydrogens is 378 g/mol. The highest BCUT2D eigenvalue weighted by Crippen LogP contribution is 2.34. The van der Waals surface area contributed by atoms with E-state index in [1.807, 2.05) is 36.0 Å². The van der Waals surface area contributed by atoms with Crippen LogP contribution in [0.3, 0.4) is 0 Å². The normalized spacial score (nSPS) is 11.8. The van der Waals surface area contributed by atoms with Crippen LogP contribution in [0.25, 0.3) is 10.9 Å². The summed E-state index contributed by atoms with van der Waals surface area (Å²) in [4.78, 5) is 0.203. The minimum atomic E-state index is -3.65. The number of hydrogen-bond donors (Lipinski definition) is 1. The van der Waals surface area contributed by atoms with E-state index in [0.717, 1.165) is 10.9 Å². The summed E-state index contributed by atoms with van der Waals surface area (Å²) in [5.74, 6) is 0. The van der Waals surface area contributed by atoms with E-state index in [9.17, 15) is 8.42 Å². The SMILES string of the molecule is CN(c1cc2ccn(C)c2cc1Br)S(=O)(=O)c1ccc(N)cc1. The number of nitrogens with zero attached hydrogens (tertiary/aromatic N) is 2. The van der Waals surface area contributed by atoms with Gasteiger partial charge in [0.1, 0.15) is 0 Å². The molecular formula is C16H16BrN3O2S. The molecule has 2 aromatic carbocycles. The molecule has 1 aromatic heterocycles. The van der Waals surface area contributed by atoms with E-state index in [0.29, 0.717) is 15.8 Å². The Labute approximate surface area is 143 Å². The summed E-state index contributed by atoms with van der Waals surface area (Å²) in [5.41, 5.74) is 7.76. The Morgan fingerprint density at radius 3 is 2.43 bits per heavy atom. The predicted octanol–water partition coefficient (Wildman–Crippen LogP) is 3.35. The first-order valence-electron chi connectivity index (χ1n) is 6.90. The monoisotopic (exact) mass is 393 g/mol. The second-order valence-corrected chi connectivity index (χ2v) is 8.15. The third-order valence-corrected chi connectivity index (χ3v) is 6.25. The van der Waals surface area contributed by atoms with Crippen molar-refractivity contribution < 1.29 is 8.42 Å². The third kappa shape index (κ3) is 2.70. The summed E-state index contributed by atoms with van der Waals surface area (Å²) in [7, 11) is -0.162. The lowest BCUT2D eigenvalue weighted by Crippen LogP contribution is -2.26. The molecule has 1 heterocycles. The van der Waals surface area contributed by atoms with Crippen molar-refractivity contribution in [3.05, 3.63) is 53.1 Å². The molecule has 3 rings (SSSR count). The van der Waals surface area contributed by atoms with Crippen molar-refractivity contribution >= 4 is 48.2 Å². The molecule has 3 aromatic rings. The number of fused-ring (bicyclic) bond motifs is 1. The number of hydrogen-bond acceptors (Lipinski definition) is 3. The molecule has 0 aliphatic heterocycles. The van der Waals surface area contributed by atoms with Crippen molar-refractivity contribution in [2.45, 2.75) is 4.90 Å². The van der Waals surface area contributed by atoms with Crippen molar-refractivity contribution in [3.8, 4) is 0 Å². The fraction of sp³-hybridized carbons (Fsp3) is 0.125. The van der Waals surface area contributed by atoms with Gasteiger partial charge in [0.2, 0.25) is 0 Å². The van der Waals surface area contributed by atoms with E-state index in [4.69, 9.17) is 5.73 Å². The number of anilines is 2. The first-order chi connectivity index (χ1) is 10.8. The topological polar surface area (TPSA) is 68.3 Å². The lowest BCUT2D eigenvalue weighted by Gasteiger charge is -2.21. The van der Waals surface area contributed by atoms with Gasteiger partial charge in [0.15, 0.2) is 0 Å². The number of aryl methyl sites for hydroxylation is 1. The summed E-state index contributed by atoms with van der Waals surface area (Å²) in [6.07, 6.45) is 1.94. The van der Waals surface area contributed by atoms with Crippen LogP contribution >= 0.6 is 15.9 Å². The van der Waals surface area contributed by atoms with Crippen molar-refractivity contribution in [2.75, 3.05) is 17.1 Å². The van der Waals surface area contributed by atoms with E-state index in [1.165, 1.54) is 16.4 Å². The number of rotatable bonds is 3. The quantitative estimate of drug-likeness (QED) is 0.693. The molecule has 23 heavy (non-hydrogen) atoms. The maximum Gasteiger partial charge on any atom is 0.264 e. The van der Waals surface area contributed by atoms with Crippen molar-refractivity contribution in [1.29, 1.82) is 0 Å². The number of nitrogens with two attached hydrogens (primary N) is 1. The van der Waals surface area contributed by atoms with Crippen LogP contribution in [-0.4, -0.2) is 20.0 Å². The molecule has 0 radical (unpaired) electrons. The highest BCUT2D eigenvalue weighted by molar-refractivity contribution is 9.10. The maximum atomic E-state index is 12.8. The second kappa shape index (κ2) is 5.58. The Morgan fingerprint density at radius 2 is 1.78 bits per heavy atom. The Balaban J connectivity index is 2.10. The van der Waals surface area contributed by atoms with Crippen LogP contribution in [0.1, 0.15) is 0 Å². The maximum absolute atomic E-state index is 12.8. The average molecular weight is 394 g/mol. The number of halogens is 1. The highest BCUT2D eigenvalue weighted by Gasteiger charge is 2.23. The lowest BCUT2D eigenvalue weighted by molar-refractivity contribution is 0.594. The van der Waals surface area contributed by atoms with Gasteiger partial charge >= 0.3 is 0 Å². The molecule has 0 bridgehead atoms. The number of benzene rings is 2. The zero-order chi connectivity index (χ0) is 16.8. The summed E-state index contributed by atoms with van der Waals surface area (Å²) in [6.45, 7) is 0. The largest absolute Gasteiger partial charge is 0.399 e. The van der Waals surface area contributed by atoms with Crippen LogP contribution in [0, 0.1) is 0 Å². The molecule has 0 spiro atoms. The predicted molar refractivity (Wildman–Crippen MR) is 97.1 cm³/mol. The van der Waals surface area contributed by atoms with Gasteiger partial charge in [-0.1, -0.05) is 0 Å². The van der Waals surface area contributed by atoms with Gasteiger partial charge in [-0.05, 0) is 58.4 Å². The van der Waals surface area contributed by atoms with Gasteiger partial charge in [-0.2, -0.15) is 0 Å². The molecule has 0 fully saturated rings. The summed E-state index contributed by atoms with van der Waals surface area (Å²) in [5, 5.41) is 0.977. The van der Waals surface area contributed by atoms with Gasteiger partial charge in [-0.15, -0.1) is 0 Å². The molecule has 5 nitrogen and oxygen atoms in total. The molecule has 0 aliphatic carbocycles. The fourth-order valence-electron chi connectivity index (χ4n) is 2.45. The zero-order valence-corrected chi connectivity index (χ0v) is 15.1. The van der Waals surface area contributed by atoms with Crippen LogP contribution in [0.2, 0.25) is 0 Å². The van der Waals surface area contributed by atoms with E-state index in [2.05, 4.69) is 15.9 Å². The Kier molecular flexibility index (Phi) is 3.85. The van der Waals surface area contributed by atoms with Crippen molar-refractivity contribution in [3.63, 3.8) is 0 Å². The molecule has 0 saturated heterocycles. The van der Waals surface area contributed by atoms with Crippen LogP contribution < -0.4 is 10.0 Å². The van der Waals surface area contributed by atoms with Gasteiger partial charge in [-0.25, -0.2) is 8.42 Å². The second-order valence-electron chi connectivity index (χ2n) is 5.33. The van der Waals surface area contributed by atoms with Gasteiger partial charge in [0.25, 0.3) is 10.0 Å². The van der Waals surface area contributed by atoms with Crippen LogP contribution in [0.15, 0.2) is 58.0 Å². The average Bonchev–Trinajstić information content (AvgIpc) is 2.87. The van der Waals surface area contributed by atoms with E-state index < -0.39 is 10.0 Å². The molecule has 0 unspecified atom stereocenters. The zero-order valence-electron chi connectivity index (χ0n) is 12.7. The highest BCUT2D eigenvalue weighted by atomic mass is 79.9. The Hall–Kier alpha value is -1.99. The number of aromatic nitrogens is 1. The lowest BCUT2D eigenvalue weighted by atomic mass is 10.2. The van der Waals surface area contributed by atoms with E-state index >= 15 is 0 Å². The number of nitrogen functional groups attached to an aromatic ring is 1. The molecule has 0 atom stereocenters. The van der Waals surface area contributed by atoms with E-state index in [-0.39, 0.29) is 4.90 Å². The van der Waals surface area contributed by atoms with Crippen LogP contribution in [0.4, 0.5) is 11.4 Å². The Bertz CT molecular complexity index is 978. The standard InChI is InChI=1S/C16H16BrN3O2S/c1-19-8-7-11-9-16(14(17)10-15(11)19)20(2)23(21,22)13-5-3-12(18)4-6-13/h3-10H,18H2,1-2H3. The third-order valence-electron chi connectivity index (χ3n) is 3.83. The molecule has 7 heteroatoms. The molecule has 0 saturated carbocycles. The van der Waals surface area contributed by atoms with Gasteiger partial charge in [0.05, 0.1) is 10.6 Å². The molecule has 0 amide bonds. The summed E-state index contributed by atoms with van der Waals surface area (Å²) < 4.78 is 29.6. The fourth-order valence-corrected chi connectivity index (χ4v) is 4.37. The Morgan fingerprint density at radius 1 is 1.13 bits per heavy atom. The smallest absolute Gasteiger partial charge is 0.264 e. The first-order valence-corrected chi connectivity index (χ1v) is 9.13. The van der Waals surface area contributed by atoms with Gasteiger partial charge in [-0.3, -0.25) is 4.31 Å². The van der Waals surface area contributed by atoms with Gasteiger partial charge in [0, 0.05) is 41.4 Å². The minimum absolute atomic E-state index is 0.203. The van der Waals surface area contributed by atoms with Gasteiger partial charge < -0.3 is 10.3 Å². The van der Waals surface area contributed by atoms with Crippen molar-refractivity contribution in [2.24, 2.45) is 7.05 Å². The molecule has 120 valence electrons. The van der Waals surface area contributed by atoms with Crippen molar-refractivity contribution in [1.82, 2.24) is 4.57 Å². The molecule has 0 aliphatic rings.